The van der Waals surface area contributed by atoms with E-state index in [4.69, 9.17) is 16.3 Å². The van der Waals surface area contributed by atoms with Crippen LogP contribution in [0.1, 0.15) is 12.5 Å². The van der Waals surface area contributed by atoms with Crippen molar-refractivity contribution in [3.05, 3.63) is 52.8 Å². The Morgan fingerprint density at radius 1 is 1.18 bits per heavy atom. The number of halogens is 2. The summed E-state index contributed by atoms with van der Waals surface area (Å²) in [6, 6.07) is 8.87. The van der Waals surface area contributed by atoms with Crippen LogP contribution in [0.15, 0.2) is 41.3 Å². The highest BCUT2D eigenvalue weighted by molar-refractivity contribution is 7.92. The van der Waals surface area contributed by atoms with Crippen molar-refractivity contribution >= 4 is 27.3 Å². The number of hydrogen-bond donors (Lipinski definition) is 1. The van der Waals surface area contributed by atoms with Gasteiger partial charge < -0.3 is 4.74 Å². The first kappa shape index (κ1) is 16.6. The summed E-state index contributed by atoms with van der Waals surface area (Å²) in [5, 5.41) is 0.0811. The molecule has 2 aromatic rings. The lowest BCUT2D eigenvalue weighted by molar-refractivity contribution is 0.322. The van der Waals surface area contributed by atoms with Crippen LogP contribution in [0.5, 0.6) is 5.75 Å². The summed E-state index contributed by atoms with van der Waals surface area (Å²) in [7, 11) is -3.89. The van der Waals surface area contributed by atoms with E-state index in [9.17, 15) is 12.8 Å². The van der Waals surface area contributed by atoms with Gasteiger partial charge in [-0.2, -0.15) is 0 Å². The molecule has 0 aromatic heterocycles. The number of rotatable bonds is 5. The molecule has 22 heavy (non-hydrogen) atoms. The van der Waals surface area contributed by atoms with E-state index in [0.717, 1.165) is 5.56 Å². The molecule has 118 valence electrons. The first-order valence-corrected chi connectivity index (χ1v) is 8.41. The minimum absolute atomic E-state index is 0.0467. The molecule has 0 spiro atoms. The predicted molar refractivity (Wildman–Crippen MR) is 84.6 cm³/mol. The Balaban J connectivity index is 2.38. The maximum absolute atomic E-state index is 14.3. The Morgan fingerprint density at radius 2 is 1.82 bits per heavy atom. The minimum atomic E-state index is -3.89. The molecule has 0 bridgehead atoms. The summed E-state index contributed by atoms with van der Waals surface area (Å²) >= 11 is 5.84. The molecule has 0 heterocycles. The zero-order chi connectivity index (χ0) is 16.3. The fraction of sp³-hybridized carbons (Fsp3) is 0.200. The van der Waals surface area contributed by atoms with Crippen LogP contribution in [0.2, 0.25) is 5.02 Å². The Kier molecular flexibility index (Phi) is 4.93. The van der Waals surface area contributed by atoms with Gasteiger partial charge in [-0.05, 0) is 38.1 Å². The lowest BCUT2D eigenvalue weighted by Gasteiger charge is -2.13. The van der Waals surface area contributed by atoms with Crippen LogP contribution in [0.25, 0.3) is 0 Å². The second kappa shape index (κ2) is 6.54. The zero-order valence-electron chi connectivity index (χ0n) is 12.1. The summed E-state index contributed by atoms with van der Waals surface area (Å²) in [5.74, 6) is -1.02. The van der Waals surface area contributed by atoms with Crippen LogP contribution in [-0.2, 0) is 10.0 Å². The van der Waals surface area contributed by atoms with Gasteiger partial charge in [-0.25, -0.2) is 12.8 Å². The van der Waals surface area contributed by atoms with Gasteiger partial charge >= 0.3 is 0 Å². The normalized spacial score (nSPS) is 11.3. The first-order valence-electron chi connectivity index (χ1n) is 6.55. The Hall–Kier alpha value is -1.79. The average Bonchev–Trinajstić information content (AvgIpc) is 2.47. The van der Waals surface area contributed by atoms with Crippen LogP contribution in [0.4, 0.5) is 10.1 Å². The molecular formula is C15H15ClFNO3S. The first-order chi connectivity index (χ1) is 10.3. The third-order valence-corrected chi connectivity index (χ3v) is 4.59. The smallest absolute Gasteiger partial charge is 0.261 e. The highest BCUT2D eigenvalue weighted by atomic mass is 35.5. The molecule has 7 heteroatoms. The van der Waals surface area contributed by atoms with Crippen molar-refractivity contribution in [1.82, 2.24) is 0 Å². The number of nitrogens with one attached hydrogen (secondary N) is 1. The van der Waals surface area contributed by atoms with Gasteiger partial charge in [0.2, 0.25) is 0 Å². The molecule has 0 saturated heterocycles. The molecule has 2 aromatic carbocycles. The van der Waals surface area contributed by atoms with Crippen molar-refractivity contribution in [2.45, 2.75) is 18.7 Å². The number of hydrogen-bond acceptors (Lipinski definition) is 3. The summed E-state index contributed by atoms with van der Waals surface area (Å²) in [5.41, 5.74) is 0.712. The third kappa shape index (κ3) is 3.51. The SMILES string of the molecule is CCOc1c(Cl)ccc(NS(=O)(=O)c2ccc(C)cc2)c1F. The maximum Gasteiger partial charge on any atom is 0.261 e. The molecule has 0 fully saturated rings. The average molecular weight is 344 g/mol. The number of anilines is 1. The largest absolute Gasteiger partial charge is 0.489 e. The molecule has 0 aliphatic carbocycles. The predicted octanol–water partition coefficient (Wildman–Crippen LogP) is 3.99. The molecule has 4 nitrogen and oxygen atoms in total. The quantitative estimate of drug-likeness (QED) is 0.893. The highest BCUT2D eigenvalue weighted by Crippen LogP contribution is 2.33. The molecule has 0 radical (unpaired) electrons. The lowest BCUT2D eigenvalue weighted by atomic mass is 10.2. The van der Waals surface area contributed by atoms with E-state index >= 15 is 0 Å². The van der Waals surface area contributed by atoms with Crippen molar-refractivity contribution in [3.63, 3.8) is 0 Å². The van der Waals surface area contributed by atoms with E-state index in [1.165, 1.54) is 24.3 Å². The van der Waals surface area contributed by atoms with E-state index in [-0.39, 0.29) is 28.0 Å². The van der Waals surface area contributed by atoms with Gasteiger partial charge in [-0.15, -0.1) is 0 Å². The standard InChI is InChI=1S/C15H15ClFNO3S/c1-3-21-15-12(16)8-9-13(14(15)17)18-22(19,20)11-6-4-10(2)5-7-11/h4-9,18H,3H2,1-2H3. The summed E-state index contributed by atoms with van der Waals surface area (Å²) in [6.45, 7) is 3.74. The van der Waals surface area contributed by atoms with Crippen molar-refractivity contribution in [1.29, 1.82) is 0 Å². The Labute approximate surface area is 133 Å². The Morgan fingerprint density at radius 3 is 2.41 bits per heavy atom. The van der Waals surface area contributed by atoms with Crippen molar-refractivity contribution in [2.75, 3.05) is 11.3 Å². The molecule has 0 saturated carbocycles. The molecule has 0 amide bonds. The summed E-state index contributed by atoms with van der Waals surface area (Å²) in [4.78, 5) is 0.0467. The topological polar surface area (TPSA) is 55.4 Å². The van der Waals surface area contributed by atoms with Crippen LogP contribution in [0.3, 0.4) is 0 Å². The fourth-order valence-electron chi connectivity index (χ4n) is 1.81. The fourth-order valence-corrected chi connectivity index (χ4v) is 3.07. The molecule has 0 unspecified atom stereocenters. The zero-order valence-corrected chi connectivity index (χ0v) is 13.6. The molecular weight excluding hydrogens is 329 g/mol. The minimum Gasteiger partial charge on any atom is -0.489 e. The maximum atomic E-state index is 14.3. The Bertz CT molecular complexity index is 776. The van der Waals surface area contributed by atoms with E-state index < -0.39 is 15.8 Å². The highest BCUT2D eigenvalue weighted by Gasteiger charge is 2.20. The van der Waals surface area contributed by atoms with Crippen molar-refractivity contribution in [2.24, 2.45) is 0 Å². The number of ether oxygens (including phenoxy) is 1. The van der Waals surface area contributed by atoms with Crippen LogP contribution in [-0.4, -0.2) is 15.0 Å². The van der Waals surface area contributed by atoms with Gasteiger partial charge in [0.05, 0.1) is 22.2 Å². The third-order valence-electron chi connectivity index (χ3n) is 2.91. The van der Waals surface area contributed by atoms with Gasteiger partial charge in [0.25, 0.3) is 10.0 Å². The molecule has 0 aliphatic heterocycles. The van der Waals surface area contributed by atoms with Gasteiger partial charge in [0.1, 0.15) is 0 Å². The second-order valence-corrected chi connectivity index (χ2v) is 6.68. The van der Waals surface area contributed by atoms with Crippen molar-refractivity contribution < 1.29 is 17.5 Å². The molecule has 0 aliphatic rings. The van der Waals surface area contributed by atoms with Gasteiger partial charge in [0, 0.05) is 0 Å². The summed E-state index contributed by atoms with van der Waals surface area (Å²) < 4.78 is 46.1. The van der Waals surface area contributed by atoms with Crippen LogP contribution < -0.4 is 9.46 Å². The number of benzene rings is 2. The van der Waals surface area contributed by atoms with Crippen LogP contribution in [0, 0.1) is 12.7 Å². The van der Waals surface area contributed by atoms with Crippen LogP contribution >= 0.6 is 11.6 Å². The lowest BCUT2D eigenvalue weighted by Crippen LogP contribution is -2.14. The second-order valence-electron chi connectivity index (χ2n) is 4.59. The van der Waals surface area contributed by atoms with E-state index in [1.807, 2.05) is 6.92 Å². The van der Waals surface area contributed by atoms with E-state index in [2.05, 4.69) is 4.72 Å². The number of aryl methyl sites for hydroxylation is 1. The van der Waals surface area contributed by atoms with Gasteiger partial charge in [-0.1, -0.05) is 29.3 Å². The molecule has 2 rings (SSSR count). The van der Waals surface area contributed by atoms with E-state index in [1.54, 1.807) is 19.1 Å². The van der Waals surface area contributed by atoms with Crippen molar-refractivity contribution in [3.8, 4) is 5.75 Å². The van der Waals surface area contributed by atoms with Gasteiger partial charge in [-0.3, -0.25) is 4.72 Å². The number of sulfonamides is 1. The van der Waals surface area contributed by atoms with E-state index in [0.29, 0.717) is 0 Å². The molecule has 0 atom stereocenters. The summed E-state index contributed by atoms with van der Waals surface area (Å²) in [6.07, 6.45) is 0. The molecule has 1 N–H and O–H groups in total. The monoisotopic (exact) mass is 343 g/mol. The van der Waals surface area contributed by atoms with Gasteiger partial charge in [0.15, 0.2) is 11.6 Å².